The van der Waals surface area contributed by atoms with Gasteiger partial charge < -0.3 is 9.32 Å². The number of benzene rings is 11. The molecule has 2 aliphatic rings. The zero-order chi connectivity index (χ0) is 41.2. The maximum Gasteiger partial charge on any atom is 0.143 e. The molecule has 0 amide bonds. The zero-order valence-electron chi connectivity index (χ0n) is 34.2. The van der Waals surface area contributed by atoms with Gasteiger partial charge >= 0.3 is 0 Å². The van der Waals surface area contributed by atoms with Gasteiger partial charge in [-0.1, -0.05) is 176 Å². The SMILES string of the molecule is c1ccc(N(c2ccc3c(c2)C2(c4ccccc4-c4ccccc42)c2ccccc2-3)c2cccc3oc4c(-c5cc6ccccc6c6ccccc56)c5ccccc5cc4c23)cc1. The van der Waals surface area contributed by atoms with E-state index in [-0.39, 0.29) is 0 Å². The van der Waals surface area contributed by atoms with Crippen molar-refractivity contribution >= 4 is 71.3 Å². The van der Waals surface area contributed by atoms with Crippen LogP contribution in [0.3, 0.4) is 0 Å². The lowest BCUT2D eigenvalue weighted by Gasteiger charge is -2.32. The van der Waals surface area contributed by atoms with Crippen molar-refractivity contribution in [2.75, 3.05) is 4.90 Å². The second-order valence-electron chi connectivity index (χ2n) is 17.1. The summed E-state index contributed by atoms with van der Waals surface area (Å²) < 4.78 is 7.21. The van der Waals surface area contributed by atoms with Crippen molar-refractivity contribution in [3.63, 3.8) is 0 Å². The highest BCUT2D eigenvalue weighted by Crippen LogP contribution is 2.63. The molecule has 292 valence electrons. The number of fused-ring (bicyclic) bond motifs is 17. The van der Waals surface area contributed by atoms with Gasteiger partial charge in [0, 0.05) is 22.3 Å². The maximum atomic E-state index is 7.21. The summed E-state index contributed by atoms with van der Waals surface area (Å²) >= 11 is 0. The van der Waals surface area contributed by atoms with E-state index in [1.54, 1.807) is 0 Å². The van der Waals surface area contributed by atoms with E-state index in [4.69, 9.17) is 4.42 Å². The fraction of sp³-hybridized carbons (Fsp3) is 0.0164. The summed E-state index contributed by atoms with van der Waals surface area (Å²) in [6, 6.07) is 82.7. The smallest absolute Gasteiger partial charge is 0.143 e. The lowest BCUT2D eigenvalue weighted by Crippen LogP contribution is -2.26. The number of rotatable bonds is 4. The maximum absolute atomic E-state index is 7.21. The Kier molecular flexibility index (Phi) is 7.07. The summed E-state index contributed by atoms with van der Waals surface area (Å²) in [5, 5.41) is 9.44. The van der Waals surface area contributed by atoms with Crippen LogP contribution in [-0.4, -0.2) is 0 Å². The summed E-state index contributed by atoms with van der Waals surface area (Å²) in [7, 11) is 0. The first kappa shape index (κ1) is 34.5. The predicted molar refractivity (Wildman–Crippen MR) is 263 cm³/mol. The van der Waals surface area contributed by atoms with E-state index in [0.717, 1.165) is 44.6 Å². The Bertz CT molecular complexity index is 3810. The Morgan fingerprint density at radius 3 is 1.59 bits per heavy atom. The molecular formula is C61H37NO. The Balaban J connectivity index is 1.06. The first-order valence-corrected chi connectivity index (χ1v) is 21.8. The highest BCUT2D eigenvalue weighted by Gasteiger charge is 2.51. The molecule has 0 bridgehead atoms. The zero-order valence-corrected chi connectivity index (χ0v) is 34.2. The number of para-hydroxylation sites is 1. The van der Waals surface area contributed by atoms with Gasteiger partial charge in [-0.2, -0.15) is 0 Å². The monoisotopic (exact) mass is 799 g/mol. The van der Waals surface area contributed by atoms with E-state index >= 15 is 0 Å². The average Bonchev–Trinajstić information content (AvgIpc) is 3.98. The van der Waals surface area contributed by atoms with Gasteiger partial charge in [0.15, 0.2) is 0 Å². The van der Waals surface area contributed by atoms with E-state index in [0.29, 0.717) is 0 Å². The van der Waals surface area contributed by atoms with Crippen LogP contribution in [-0.2, 0) is 5.41 Å². The van der Waals surface area contributed by atoms with E-state index in [2.05, 4.69) is 229 Å². The van der Waals surface area contributed by atoms with Crippen LogP contribution in [0, 0.1) is 0 Å². The van der Waals surface area contributed by atoms with Crippen LogP contribution >= 0.6 is 0 Å². The number of hydrogen-bond acceptors (Lipinski definition) is 2. The fourth-order valence-electron chi connectivity index (χ4n) is 11.5. The molecule has 11 aromatic carbocycles. The molecule has 0 saturated heterocycles. The molecule has 63 heavy (non-hydrogen) atoms. The average molecular weight is 800 g/mol. The standard InChI is InChI=1S/C61H37NO/c1-2-19-40(20-3-1)62(41-33-34-49-48-27-12-15-30-54(48)61(55(49)37-41)52-28-13-10-25-46(52)47-26-11-14-29-53(47)61)56-31-16-32-57-59(56)51-36-39-18-5-7-22-43(39)58(60(51)63-57)50-35-38-17-4-6-21-42(38)44-23-8-9-24-45(44)50/h1-37H. The van der Waals surface area contributed by atoms with Crippen LogP contribution in [0.5, 0.6) is 0 Å². The summed E-state index contributed by atoms with van der Waals surface area (Å²) in [6.07, 6.45) is 0. The van der Waals surface area contributed by atoms with E-state index in [1.807, 2.05) is 0 Å². The number of anilines is 3. The second-order valence-corrected chi connectivity index (χ2v) is 17.1. The van der Waals surface area contributed by atoms with Crippen molar-refractivity contribution in [2.24, 2.45) is 0 Å². The normalized spacial score (nSPS) is 13.2. The predicted octanol–water partition coefficient (Wildman–Crippen LogP) is 16.5. The van der Waals surface area contributed by atoms with E-state index < -0.39 is 5.41 Å². The molecule has 0 radical (unpaired) electrons. The highest BCUT2D eigenvalue weighted by molar-refractivity contribution is 6.25. The molecule has 1 spiro atoms. The third-order valence-electron chi connectivity index (χ3n) is 14.0. The minimum atomic E-state index is -0.456. The molecule has 14 rings (SSSR count). The van der Waals surface area contributed by atoms with Crippen LogP contribution in [0.4, 0.5) is 17.1 Å². The van der Waals surface area contributed by atoms with Gasteiger partial charge in [0.25, 0.3) is 0 Å². The minimum absolute atomic E-state index is 0.456. The molecule has 12 aromatic rings. The van der Waals surface area contributed by atoms with Crippen LogP contribution < -0.4 is 4.90 Å². The van der Waals surface area contributed by atoms with Crippen LogP contribution in [0.2, 0.25) is 0 Å². The molecule has 0 atom stereocenters. The summed E-state index contributed by atoms with van der Waals surface area (Å²) in [4.78, 5) is 2.45. The van der Waals surface area contributed by atoms with Crippen molar-refractivity contribution in [3.05, 3.63) is 247 Å². The summed E-state index contributed by atoms with van der Waals surface area (Å²) in [5.74, 6) is 0. The largest absolute Gasteiger partial charge is 0.455 e. The molecule has 1 heterocycles. The molecule has 0 fully saturated rings. The molecule has 2 aliphatic carbocycles. The Morgan fingerprint density at radius 2 is 0.889 bits per heavy atom. The molecule has 2 heteroatoms. The molecule has 0 aliphatic heterocycles. The van der Waals surface area contributed by atoms with Crippen LogP contribution in [0.15, 0.2) is 229 Å². The van der Waals surface area contributed by atoms with Crippen molar-refractivity contribution in [1.82, 2.24) is 0 Å². The Labute approximate surface area is 364 Å². The minimum Gasteiger partial charge on any atom is -0.455 e. The highest BCUT2D eigenvalue weighted by atomic mass is 16.3. The molecule has 1 aromatic heterocycles. The lowest BCUT2D eigenvalue weighted by molar-refractivity contribution is 0.670. The number of nitrogens with zero attached hydrogens (tertiary/aromatic N) is 1. The van der Waals surface area contributed by atoms with E-state index in [1.165, 1.54) is 82.4 Å². The van der Waals surface area contributed by atoms with Crippen LogP contribution in [0.25, 0.3) is 87.6 Å². The summed E-state index contributed by atoms with van der Waals surface area (Å²) in [5.41, 5.74) is 17.3. The van der Waals surface area contributed by atoms with Gasteiger partial charge in [-0.05, 0) is 131 Å². The van der Waals surface area contributed by atoms with Gasteiger partial charge in [-0.15, -0.1) is 0 Å². The molecule has 2 nitrogen and oxygen atoms in total. The Morgan fingerprint density at radius 1 is 0.333 bits per heavy atom. The van der Waals surface area contributed by atoms with Gasteiger partial charge in [-0.3, -0.25) is 0 Å². The van der Waals surface area contributed by atoms with Crippen LogP contribution in [0.1, 0.15) is 22.3 Å². The first-order chi connectivity index (χ1) is 31.3. The van der Waals surface area contributed by atoms with Gasteiger partial charge in [0.1, 0.15) is 11.2 Å². The van der Waals surface area contributed by atoms with Crippen molar-refractivity contribution in [3.8, 4) is 33.4 Å². The fourth-order valence-corrected chi connectivity index (χ4v) is 11.5. The van der Waals surface area contributed by atoms with Gasteiger partial charge in [-0.25, -0.2) is 0 Å². The topological polar surface area (TPSA) is 16.4 Å². The lowest BCUT2D eigenvalue weighted by atomic mass is 9.70. The molecule has 0 unspecified atom stereocenters. The van der Waals surface area contributed by atoms with Gasteiger partial charge in [0.2, 0.25) is 0 Å². The third-order valence-corrected chi connectivity index (χ3v) is 14.0. The summed E-state index contributed by atoms with van der Waals surface area (Å²) in [6.45, 7) is 0. The number of furan rings is 1. The van der Waals surface area contributed by atoms with E-state index in [9.17, 15) is 0 Å². The third kappa shape index (κ3) is 4.62. The van der Waals surface area contributed by atoms with Crippen molar-refractivity contribution in [2.45, 2.75) is 5.41 Å². The molecule has 0 saturated carbocycles. The molecule has 0 N–H and O–H groups in total. The van der Waals surface area contributed by atoms with Gasteiger partial charge in [0.05, 0.1) is 16.5 Å². The number of hydrogen-bond donors (Lipinski definition) is 0. The first-order valence-electron chi connectivity index (χ1n) is 21.8. The Hall–Kier alpha value is -8.20. The molecular weight excluding hydrogens is 763 g/mol. The van der Waals surface area contributed by atoms with Crippen molar-refractivity contribution < 1.29 is 4.42 Å². The van der Waals surface area contributed by atoms with Crippen molar-refractivity contribution in [1.29, 1.82) is 0 Å². The quantitative estimate of drug-likeness (QED) is 0.165. The second kappa shape index (κ2) is 12.9.